The molecule has 1 amide bonds. The monoisotopic (exact) mass is 555 g/mol. The highest BCUT2D eigenvalue weighted by Gasteiger charge is 2.13. The van der Waals surface area contributed by atoms with E-state index in [0.29, 0.717) is 23.4 Å². The number of rotatable bonds is 8. The van der Waals surface area contributed by atoms with Crippen LogP contribution in [0.1, 0.15) is 43.2 Å². The molecule has 160 valence electrons. The highest BCUT2D eigenvalue weighted by molar-refractivity contribution is 9.11. The van der Waals surface area contributed by atoms with Gasteiger partial charge < -0.3 is 10.1 Å². The molecule has 1 saturated carbocycles. The zero-order valence-corrected chi connectivity index (χ0v) is 20.4. The number of benzene rings is 2. The molecular weight excluding hydrogens is 534 g/mol. The Morgan fingerprint density at radius 2 is 1.80 bits per heavy atom. The largest absolute Gasteiger partial charge is 0.487 e. The number of amides is 1. The molecule has 1 aliphatic rings. The fraction of sp³-hybridized carbons (Fsp3) is 0.364. The van der Waals surface area contributed by atoms with Gasteiger partial charge in [-0.05, 0) is 80.1 Å². The predicted molar refractivity (Wildman–Crippen MR) is 128 cm³/mol. The van der Waals surface area contributed by atoms with Crippen molar-refractivity contribution in [2.75, 3.05) is 6.54 Å². The van der Waals surface area contributed by atoms with Crippen LogP contribution in [0, 0.1) is 0 Å². The maximum absolute atomic E-state index is 12.0. The van der Waals surface area contributed by atoms with Crippen LogP contribution in [0.4, 0.5) is 0 Å². The van der Waals surface area contributed by atoms with E-state index in [9.17, 15) is 4.79 Å². The fourth-order valence-electron chi connectivity index (χ4n) is 3.29. The molecule has 0 unspecified atom stereocenters. The number of hydrogen-bond donors (Lipinski definition) is 2. The van der Waals surface area contributed by atoms with Gasteiger partial charge in [0, 0.05) is 11.1 Å². The second-order valence-corrected chi connectivity index (χ2v) is 9.38. The van der Waals surface area contributed by atoms with Crippen LogP contribution in [0.2, 0.25) is 5.02 Å². The van der Waals surface area contributed by atoms with Gasteiger partial charge in [0.25, 0.3) is 5.91 Å². The summed E-state index contributed by atoms with van der Waals surface area (Å²) < 4.78 is 7.50. The molecule has 3 rings (SSSR count). The Balaban J connectivity index is 1.49. The highest BCUT2D eigenvalue weighted by atomic mass is 79.9. The maximum atomic E-state index is 12.0. The van der Waals surface area contributed by atoms with Crippen molar-refractivity contribution in [3.63, 3.8) is 0 Å². The van der Waals surface area contributed by atoms with Gasteiger partial charge in [0.1, 0.15) is 12.4 Å². The van der Waals surface area contributed by atoms with Crippen molar-refractivity contribution < 1.29 is 9.53 Å². The summed E-state index contributed by atoms with van der Waals surface area (Å²) in [5.74, 6) is 0.556. The SMILES string of the molecule is O=C(CNC1CCCCC1)N/N=C\c1cc(Br)c(OCc2ccc(Cl)cc2)c(Br)c1. The molecule has 0 spiro atoms. The first-order valence-corrected chi connectivity index (χ1v) is 11.9. The van der Waals surface area contributed by atoms with Crippen LogP contribution >= 0.6 is 43.5 Å². The van der Waals surface area contributed by atoms with Crippen molar-refractivity contribution in [3.05, 3.63) is 61.5 Å². The number of hydrazone groups is 1. The Hall–Kier alpha value is -1.41. The van der Waals surface area contributed by atoms with E-state index in [1.807, 2.05) is 36.4 Å². The molecule has 2 N–H and O–H groups in total. The topological polar surface area (TPSA) is 62.7 Å². The summed E-state index contributed by atoms with van der Waals surface area (Å²) in [6, 6.07) is 11.7. The van der Waals surface area contributed by atoms with E-state index >= 15 is 0 Å². The molecule has 5 nitrogen and oxygen atoms in total. The number of nitrogens with zero attached hydrogens (tertiary/aromatic N) is 1. The molecule has 0 atom stereocenters. The summed E-state index contributed by atoms with van der Waals surface area (Å²) in [5, 5.41) is 8.06. The van der Waals surface area contributed by atoms with Crippen LogP contribution in [0.15, 0.2) is 50.4 Å². The summed E-state index contributed by atoms with van der Waals surface area (Å²) in [4.78, 5) is 12.0. The third-order valence-corrected chi connectivity index (χ3v) is 6.31. The molecule has 30 heavy (non-hydrogen) atoms. The van der Waals surface area contributed by atoms with Gasteiger partial charge in [-0.2, -0.15) is 5.10 Å². The summed E-state index contributed by atoms with van der Waals surface area (Å²) in [6.07, 6.45) is 7.67. The van der Waals surface area contributed by atoms with Crippen molar-refractivity contribution in [2.45, 2.75) is 44.8 Å². The number of carbonyl (C=O) groups excluding carboxylic acids is 1. The van der Waals surface area contributed by atoms with Crippen LogP contribution in [0.25, 0.3) is 0 Å². The minimum absolute atomic E-state index is 0.141. The van der Waals surface area contributed by atoms with E-state index in [2.05, 4.69) is 47.7 Å². The average molecular weight is 558 g/mol. The number of halogens is 3. The second kappa shape index (κ2) is 11.8. The Kier molecular flexibility index (Phi) is 9.18. The Bertz CT molecular complexity index is 861. The van der Waals surface area contributed by atoms with Gasteiger partial charge in [0.05, 0.1) is 21.7 Å². The minimum Gasteiger partial charge on any atom is -0.487 e. The standard InChI is InChI=1S/C22H24Br2ClN3O2/c23-19-10-16(12-27-28-21(29)13-26-18-4-2-1-3-5-18)11-20(24)22(19)30-14-15-6-8-17(25)9-7-15/h6-12,18,26H,1-5,13-14H2,(H,28,29)/b27-12-. The number of hydrogen-bond acceptors (Lipinski definition) is 4. The highest BCUT2D eigenvalue weighted by Crippen LogP contribution is 2.35. The second-order valence-electron chi connectivity index (χ2n) is 7.24. The van der Waals surface area contributed by atoms with Gasteiger partial charge in [0.2, 0.25) is 0 Å². The molecule has 0 aliphatic heterocycles. The summed E-state index contributed by atoms with van der Waals surface area (Å²) in [5.41, 5.74) is 4.42. The molecule has 0 bridgehead atoms. The van der Waals surface area contributed by atoms with E-state index < -0.39 is 0 Å². The quantitative estimate of drug-likeness (QED) is 0.318. The first-order chi connectivity index (χ1) is 14.5. The zero-order valence-electron chi connectivity index (χ0n) is 16.5. The van der Waals surface area contributed by atoms with Gasteiger partial charge in [-0.1, -0.05) is 43.0 Å². The first-order valence-electron chi connectivity index (χ1n) is 9.93. The summed E-state index contributed by atoms with van der Waals surface area (Å²) >= 11 is 13.0. The predicted octanol–water partition coefficient (Wildman–Crippen LogP) is 5.82. The van der Waals surface area contributed by atoms with E-state index in [-0.39, 0.29) is 12.5 Å². The van der Waals surface area contributed by atoms with Crippen LogP contribution in [0.3, 0.4) is 0 Å². The molecule has 0 aromatic heterocycles. The Morgan fingerprint density at radius 3 is 2.47 bits per heavy atom. The van der Waals surface area contributed by atoms with Gasteiger partial charge in [-0.15, -0.1) is 0 Å². The molecule has 0 radical (unpaired) electrons. The molecule has 0 saturated heterocycles. The minimum atomic E-state index is -0.141. The molecule has 0 heterocycles. The molecule has 1 aliphatic carbocycles. The van der Waals surface area contributed by atoms with Crippen LogP contribution in [-0.4, -0.2) is 24.7 Å². The van der Waals surface area contributed by atoms with Gasteiger partial charge in [-0.3, -0.25) is 4.79 Å². The molecule has 2 aromatic carbocycles. The van der Waals surface area contributed by atoms with Crippen LogP contribution in [-0.2, 0) is 11.4 Å². The lowest BCUT2D eigenvalue weighted by molar-refractivity contribution is -0.120. The third kappa shape index (κ3) is 7.38. The van der Waals surface area contributed by atoms with E-state index in [1.165, 1.54) is 19.3 Å². The summed E-state index contributed by atoms with van der Waals surface area (Å²) in [7, 11) is 0. The van der Waals surface area contributed by atoms with Crippen molar-refractivity contribution in [1.82, 2.24) is 10.7 Å². The van der Waals surface area contributed by atoms with E-state index in [4.69, 9.17) is 16.3 Å². The summed E-state index contributed by atoms with van der Waals surface area (Å²) in [6.45, 7) is 0.707. The maximum Gasteiger partial charge on any atom is 0.254 e. The smallest absolute Gasteiger partial charge is 0.254 e. The van der Waals surface area contributed by atoms with Gasteiger partial charge >= 0.3 is 0 Å². The van der Waals surface area contributed by atoms with E-state index in [1.54, 1.807) is 6.21 Å². The molecule has 1 fully saturated rings. The lowest BCUT2D eigenvalue weighted by Crippen LogP contribution is -2.38. The van der Waals surface area contributed by atoms with Crippen molar-refractivity contribution >= 4 is 55.6 Å². The Labute approximate surface area is 198 Å². The fourth-order valence-corrected chi connectivity index (χ4v) is 4.87. The van der Waals surface area contributed by atoms with Gasteiger partial charge in [-0.25, -0.2) is 5.43 Å². The van der Waals surface area contributed by atoms with E-state index in [0.717, 1.165) is 32.9 Å². The Morgan fingerprint density at radius 1 is 1.13 bits per heavy atom. The van der Waals surface area contributed by atoms with Crippen molar-refractivity contribution in [3.8, 4) is 5.75 Å². The number of nitrogens with one attached hydrogen (secondary N) is 2. The number of ether oxygens (including phenoxy) is 1. The molecular formula is C22H24Br2ClN3O2. The van der Waals surface area contributed by atoms with Gasteiger partial charge in [0.15, 0.2) is 0 Å². The third-order valence-electron chi connectivity index (χ3n) is 4.88. The van der Waals surface area contributed by atoms with Crippen molar-refractivity contribution in [2.24, 2.45) is 5.10 Å². The average Bonchev–Trinajstić information content (AvgIpc) is 2.74. The molecule has 8 heteroatoms. The van der Waals surface area contributed by atoms with Crippen molar-refractivity contribution in [1.29, 1.82) is 0 Å². The first kappa shape index (κ1) is 23.3. The lowest BCUT2D eigenvalue weighted by atomic mass is 9.95. The van der Waals surface area contributed by atoms with Crippen LogP contribution < -0.4 is 15.5 Å². The van der Waals surface area contributed by atoms with Crippen LogP contribution in [0.5, 0.6) is 5.75 Å². The normalized spacial score (nSPS) is 14.8. The number of carbonyl (C=O) groups is 1. The zero-order chi connectivity index (χ0) is 21.3. The molecule has 2 aromatic rings. The lowest BCUT2D eigenvalue weighted by Gasteiger charge is -2.22.